The summed E-state index contributed by atoms with van der Waals surface area (Å²) >= 11 is 0. The molecule has 0 aliphatic carbocycles. The monoisotopic (exact) mass is 378 g/mol. The Morgan fingerprint density at radius 3 is 2.54 bits per heavy atom. The number of fused-ring (bicyclic) bond motifs is 1. The molecular weight excluding hydrogens is 364 g/mol. The molecule has 28 heavy (non-hydrogen) atoms. The highest BCUT2D eigenvalue weighted by atomic mass is 16.6. The smallest absolute Gasteiger partial charge is 0.273 e. The van der Waals surface area contributed by atoms with Crippen molar-refractivity contribution < 1.29 is 19.2 Å². The molecule has 0 bridgehead atoms. The van der Waals surface area contributed by atoms with E-state index in [0.717, 1.165) is 0 Å². The Morgan fingerprint density at radius 2 is 1.79 bits per heavy atom. The number of nitrogens with zero attached hydrogens (tertiary/aromatic N) is 4. The van der Waals surface area contributed by atoms with Crippen LogP contribution in [-0.2, 0) is 6.54 Å². The Morgan fingerprint density at radius 1 is 1.00 bits per heavy atom. The average Bonchev–Trinajstić information content (AvgIpc) is 3.28. The number of hydrogen-bond acceptors (Lipinski definition) is 6. The predicted octanol–water partition coefficient (Wildman–Crippen LogP) is 2.88. The summed E-state index contributed by atoms with van der Waals surface area (Å²) in [5, 5.41) is 10.9. The molecule has 3 aromatic rings. The first-order chi connectivity index (χ1) is 13.5. The van der Waals surface area contributed by atoms with Crippen molar-refractivity contribution in [1.82, 2.24) is 14.5 Å². The van der Waals surface area contributed by atoms with Gasteiger partial charge >= 0.3 is 0 Å². The van der Waals surface area contributed by atoms with Gasteiger partial charge in [0.05, 0.1) is 28.4 Å². The minimum absolute atomic E-state index is 0.101. The van der Waals surface area contributed by atoms with Crippen LogP contribution in [0, 0.1) is 10.1 Å². The van der Waals surface area contributed by atoms with Crippen LogP contribution >= 0.6 is 0 Å². The third kappa shape index (κ3) is 3.20. The standard InChI is InChI=1S/C19H14N4O5/c24-18-16-5-4-15(28-14-3-1-2-13(10-14)23(26)27)11-17(16)19(25)22(18)9-8-21-7-6-20-12-21/h1-7,10-12H,8-9H2. The lowest BCUT2D eigenvalue weighted by Gasteiger charge is -2.13. The maximum atomic E-state index is 12.7. The Labute approximate surface area is 158 Å². The highest BCUT2D eigenvalue weighted by molar-refractivity contribution is 6.21. The molecule has 2 amide bonds. The van der Waals surface area contributed by atoms with Crippen molar-refractivity contribution in [1.29, 1.82) is 0 Å². The van der Waals surface area contributed by atoms with Crippen LogP contribution in [0.1, 0.15) is 20.7 Å². The maximum absolute atomic E-state index is 12.7. The van der Waals surface area contributed by atoms with Gasteiger partial charge in [-0.05, 0) is 24.3 Å². The van der Waals surface area contributed by atoms with E-state index in [1.54, 1.807) is 35.4 Å². The van der Waals surface area contributed by atoms with Gasteiger partial charge < -0.3 is 9.30 Å². The maximum Gasteiger partial charge on any atom is 0.273 e. The molecule has 0 fully saturated rings. The van der Waals surface area contributed by atoms with Crippen molar-refractivity contribution in [2.45, 2.75) is 6.54 Å². The quantitative estimate of drug-likeness (QED) is 0.371. The average molecular weight is 378 g/mol. The summed E-state index contributed by atoms with van der Waals surface area (Å²) in [6.45, 7) is 0.673. The first-order valence-corrected chi connectivity index (χ1v) is 8.41. The summed E-state index contributed by atoms with van der Waals surface area (Å²) in [6.07, 6.45) is 4.99. The molecule has 0 saturated carbocycles. The number of nitro benzene ring substituents is 1. The highest BCUT2D eigenvalue weighted by Crippen LogP contribution is 2.30. The van der Waals surface area contributed by atoms with E-state index in [-0.39, 0.29) is 29.5 Å². The number of rotatable bonds is 6. The van der Waals surface area contributed by atoms with Crippen LogP contribution in [0.15, 0.2) is 61.2 Å². The van der Waals surface area contributed by atoms with Gasteiger partial charge in [-0.15, -0.1) is 0 Å². The molecular formula is C19H14N4O5. The van der Waals surface area contributed by atoms with Crippen LogP contribution in [0.5, 0.6) is 11.5 Å². The van der Waals surface area contributed by atoms with Crippen LogP contribution in [0.25, 0.3) is 0 Å². The number of carbonyl (C=O) groups excluding carboxylic acids is 2. The lowest BCUT2D eigenvalue weighted by Crippen LogP contribution is -2.32. The van der Waals surface area contributed by atoms with Crippen LogP contribution < -0.4 is 4.74 Å². The Hall–Kier alpha value is -4.01. The lowest BCUT2D eigenvalue weighted by atomic mass is 10.1. The summed E-state index contributed by atoms with van der Waals surface area (Å²) in [5.74, 6) is -0.175. The molecule has 2 heterocycles. The number of non-ortho nitro benzene ring substituents is 1. The fourth-order valence-corrected chi connectivity index (χ4v) is 2.97. The zero-order valence-corrected chi connectivity index (χ0v) is 14.5. The predicted molar refractivity (Wildman–Crippen MR) is 97.2 cm³/mol. The lowest BCUT2D eigenvalue weighted by molar-refractivity contribution is -0.384. The zero-order chi connectivity index (χ0) is 19.7. The molecule has 9 heteroatoms. The van der Waals surface area contributed by atoms with E-state index in [2.05, 4.69) is 4.98 Å². The van der Waals surface area contributed by atoms with Crippen molar-refractivity contribution >= 4 is 17.5 Å². The number of imide groups is 1. The molecule has 0 spiro atoms. The number of imidazole rings is 1. The van der Waals surface area contributed by atoms with Crippen molar-refractivity contribution in [3.05, 3.63) is 82.4 Å². The van der Waals surface area contributed by atoms with Gasteiger partial charge in [0.25, 0.3) is 17.5 Å². The van der Waals surface area contributed by atoms with E-state index in [1.165, 1.54) is 35.2 Å². The van der Waals surface area contributed by atoms with Crippen LogP contribution in [0.3, 0.4) is 0 Å². The summed E-state index contributed by atoms with van der Waals surface area (Å²) in [6, 6.07) is 10.3. The highest BCUT2D eigenvalue weighted by Gasteiger charge is 2.35. The second kappa shape index (κ2) is 6.95. The summed E-state index contributed by atoms with van der Waals surface area (Å²) in [7, 11) is 0. The summed E-state index contributed by atoms with van der Waals surface area (Å²) in [4.78, 5) is 40.6. The van der Waals surface area contributed by atoms with Gasteiger partial charge in [0.1, 0.15) is 11.5 Å². The van der Waals surface area contributed by atoms with E-state index in [4.69, 9.17) is 4.74 Å². The fraction of sp³-hybridized carbons (Fsp3) is 0.105. The van der Waals surface area contributed by atoms with E-state index in [0.29, 0.717) is 17.9 Å². The molecule has 1 aromatic heterocycles. The topological polar surface area (TPSA) is 108 Å². The number of carbonyl (C=O) groups is 2. The van der Waals surface area contributed by atoms with Crippen LogP contribution in [0.4, 0.5) is 5.69 Å². The first-order valence-electron chi connectivity index (χ1n) is 8.41. The van der Waals surface area contributed by atoms with Crippen molar-refractivity contribution in [3.63, 3.8) is 0 Å². The number of benzene rings is 2. The van der Waals surface area contributed by atoms with Gasteiger partial charge in [0, 0.05) is 31.5 Å². The van der Waals surface area contributed by atoms with Gasteiger partial charge in [0.2, 0.25) is 0 Å². The van der Waals surface area contributed by atoms with E-state index >= 15 is 0 Å². The molecule has 9 nitrogen and oxygen atoms in total. The minimum atomic E-state index is -0.518. The zero-order valence-electron chi connectivity index (χ0n) is 14.5. The Balaban J connectivity index is 1.53. The molecule has 1 aliphatic rings. The third-order valence-corrected chi connectivity index (χ3v) is 4.35. The van der Waals surface area contributed by atoms with Crippen molar-refractivity contribution in [2.75, 3.05) is 6.54 Å². The van der Waals surface area contributed by atoms with Crippen LogP contribution in [-0.4, -0.2) is 37.7 Å². The normalized spacial score (nSPS) is 12.9. The molecule has 0 saturated heterocycles. The van der Waals surface area contributed by atoms with E-state index < -0.39 is 10.8 Å². The molecule has 0 atom stereocenters. The van der Waals surface area contributed by atoms with Gasteiger partial charge in [-0.2, -0.15) is 0 Å². The largest absolute Gasteiger partial charge is 0.457 e. The van der Waals surface area contributed by atoms with Gasteiger partial charge in [0.15, 0.2) is 0 Å². The van der Waals surface area contributed by atoms with Crippen LogP contribution in [0.2, 0.25) is 0 Å². The van der Waals surface area contributed by atoms with Crippen molar-refractivity contribution in [2.24, 2.45) is 0 Å². The second-order valence-electron chi connectivity index (χ2n) is 6.13. The molecule has 2 aromatic carbocycles. The minimum Gasteiger partial charge on any atom is -0.457 e. The second-order valence-corrected chi connectivity index (χ2v) is 6.13. The number of amides is 2. The first kappa shape index (κ1) is 17.4. The fourth-order valence-electron chi connectivity index (χ4n) is 2.97. The Bertz CT molecular complexity index is 1080. The molecule has 140 valence electrons. The molecule has 0 N–H and O–H groups in total. The van der Waals surface area contributed by atoms with Gasteiger partial charge in [-0.1, -0.05) is 6.07 Å². The van der Waals surface area contributed by atoms with Gasteiger partial charge in [-0.25, -0.2) is 4.98 Å². The SMILES string of the molecule is O=C1c2ccc(Oc3cccc([N+](=O)[O-])c3)cc2C(=O)N1CCn1ccnc1. The molecule has 1 aliphatic heterocycles. The number of aromatic nitrogens is 2. The Kier molecular flexibility index (Phi) is 4.32. The third-order valence-electron chi connectivity index (χ3n) is 4.35. The summed E-state index contributed by atoms with van der Waals surface area (Å²) < 4.78 is 7.41. The van der Waals surface area contributed by atoms with E-state index in [1.807, 2.05) is 0 Å². The molecule has 4 rings (SSSR count). The molecule has 0 radical (unpaired) electrons. The van der Waals surface area contributed by atoms with Crippen molar-refractivity contribution in [3.8, 4) is 11.5 Å². The van der Waals surface area contributed by atoms with E-state index in [9.17, 15) is 19.7 Å². The number of hydrogen-bond donors (Lipinski definition) is 0. The number of ether oxygens (including phenoxy) is 1. The number of nitro groups is 1. The summed E-state index contributed by atoms with van der Waals surface area (Å²) in [5.41, 5.74) is 0.455. The molecule has 0 unspecified atom stereocenters. The van der Waals surface area contributed by atoms with Gasteiger partial charge in [-0.3, -0.25) is 24.6 Å².